The van der Waals surface area contributed by atoms with Gasteiger partial charge in [-0.25, -0.2) is 0 Å². The summed E-state index contributed by atoms with van der Waals surface area (Å²) in [6.45, 7) is 0.866. The van der Waals surface area contributed by atoms with Crippen molar-refractivity contribution < 1.29 is 29.6 Å². The minimum absolute atomic E-state index is 0.0181. The van der Waals surface area contributed by atoms with Gasteiger partial charge in [0, 0.05) is 12.5 Å². The number of ether oxygens (including phenoxy) is 1. The summed E-state index contributed by atoms with van der Waals surface area (Å²) in [4.78, 5) is 21.8. The molecule has 0 heterocycles. The van der Waals surface area contributed by atoms with Gasteiger partial charge in [-0.1, -0.05) is 0 Å². The number of Topliss-reactive ketones (excluding diaryl/α,β-unsaturated/α-hetero) is 1. The molecule has 0 fully saturated rings. The molecule has 0 bridgehead atoms. The summed E-state index contributed by atoms with van der Waals surface area (Å²) < 4.78 is 4.55. The highest BCUT2D eigenvalue weighted by Crippen LogP contribution is 2.16. The number of rotatable bonds is 2. The van der Waals surface area contributed by atoms with E-state index < -0.39 is 30.1 Å². The third kappa shape index (κ3) is 2.62. The van der Waals surface area contributed by atoms with E-state index >= 15 is 0 Å². The van der Waals surface area contributed by atoms with Crippen LogP contribution in [0, 0.1) is 0 Å². The Balaban J connectivity index is 2.75. The quantitative estimate of drug-likeness (QED) is 0.468. The van der Waals surface area contributed by atoms with Gasteiger partial charge in [0.25, 0.3) is 0 Å². The Bertz CT molecular complexity index is 308. The van der Waals surface area contributed by atoms with E-state index in [2.05, 4.69) is 4.74 Å². The zero-order chi connectivity index (χ0) is 11.6. The summed E-state index contributed by atoms with van der Waals surface area (Å²) in [6.07, 6.45) is -3.46. The maximum atomic E-state index is 11.3. The molecule has 84 valence electrons. The Morgan fingerprint density at radius 2 is 2.07 bits per heavy atom. The topological polar surface area (TPSA) is 104 Å². The summed E-state index contributed by atoms with van der Waals surface area (Å²) in [5.41, 5.74) is -0.0181. The van der Waals surface area contributed by atoms with E-state index in [1.807, 2.05) is 0 Å². The van der Waals surface area contributed by atoms with E-state index in [1.54, 1.807) is 0 Å². The molecule has 0 amide bonds. The molecule has 3 atom stereocenters. The van der Waals surface area contributed by atoms with Gasteiger partial charge in [0.15, 0.2) is 5.78 Å². The Kier molecular flexibility index (Phi) is 3.57. The van der Waals surface area contributed by atoms with Gasteiger partial charge < -0.3 is 20.1 Å². The van der Waals surface area contributed by atoms with Crippen LogP contribution in [0.1, 0.15) is 6.92 Å². The standard InChI is InChI=1S/C9H12O6/c1-4(10)15-3-5-2-6(11)8(13)9(14)7(5)12/h2,6,8-9,11,13-14H,3H2,1H3/t6-,8-,9-/m0/s1. The minimum Gasteiger partial charge on any atom is -0.461 e. The molecule has 0 aromatic carbocycles. The largest absolute Gasteiger partial charge is 0.461 e. The van der Waals surface area contributed by atoms with Gasteiger partial charge in [-0.05, 0) is 6.08 Å². The van der Waals surface area contributed by atoms with E-state index in [4.69, 9.17) is 5.11 Å². The van der Waals surface area contributed by atoms with Gasteiger partial charge in [0.2, 0.25) is 0 Å². The summed E-state index contributed by atoms with van der Waals surface area (Å²) in [7, 11) is 0. The molecule has 0 saturated carbocycles. The number of aliphatic hydroxyl groups is 3. The van der Waals surface area contributed by atoms with Crippen molar-refractivity contribution in [2.45, 2.75) is 25.2 Å². The number of hydrogen-bond donors (Lipinski definition) is 3. The monoisotopic (exact) mass is 216 g/mol. The predicted molar refractivity (Wildman–Crippen MR) is 47.7 cm³/mol. The summed E-state index contributed by atoms with van der Waals surface area (Å²) >= 11 is 0. The normalized spacial score (nSPS) is 31.1. The molecule has 0 saturated heterocycles. The maximum Gasteiger partial charge on any atom is 0.302 e. The molecule has 0 unspecified atom stereocenters. The summed E-state index contributed by atoms with van der Waals surface area (Å²) in [6, 6.07) is 0. The van der Waals surface area contributed by atoms with Crippen LogP contribution in [0.4, 0.5) is 0 Å². The lowest BCUT2D eigenvalue weighted by Gasteiger charge is -2.26. The molecule has 0 aromatic heterocycles. The number of hydrogen-bond acceptors (Lipinski definition) is 6. The van der Waals surface area contributed by atoms with E-state index in [0.717, 1.165) is 6.08 Å². The van der Waals surface area contributed by atoms with Gasteiger partial charge in [-0.3, -0.25) is 9.59 Å². The van der Waals surface area contributed by atoms with Crippen LogP contribution in [0.25, 0.3) is 0 Å². The Morgan fingerprint density at radius 1 is 1.47 bits per heavy atom. The highest BCUT2D eigenvalue weighted by atomic mass is 16.5. The highest BCUT2D eigenvalue weighted by molar-refractivity contribution is 6.00. The fourth-order valence-corrected chi connectivity index (χ4v) is 1.22. The minimum atomic E-state index is -1.67. The molecule has 3 N–H and O–H groups in total. The van der Waals surface area contributed by atoms with Gasteiger partial charge in [0.05, 0.1) is 0 Å². The lowest BCUT2D eigenvalue weighted by Crippen LogP contribution is -2.46. The number of esters is 1. The van der Waals surface area contributed by atoms with Crippen LogP contribution in [0.2, 0.25) is 0 Å². The van der Waals surface area contributed by atoms with Crippen molar-refractivity contribution in [2.24, 2.45) is 0 Å². The first-order chi connectivity index (χ1) is 6.93. The number of ketones is 1. The van der Waals surface area contributed by atoms with Crippen LogP contribution in [-0.2, 0) is 14.3 Å². The van der Waals surface area contributed by atoms with Crippen molar-refractivity contribution in [2.75, 3.05) is 6.61 Å². The summed E-state index contributed by atoms with van der Waals surface area (Å²) in [5, 5.41) is 27.6. The SMILES string of the molecule is CC(=O)OCC1=C[C@H](O)[C@H](O)[C@@H](O)C1=O. The number of aliphatic hydroxyl groups excluding tert-OH is 3. The Morgan fingerprint density at radius 3 is 2.60 bits per heavy atom. The third-order valence-corrected chi connectivity index (χ3v) is 2.06. The Hall–Kier alpha value is -1.24. The van der Waals surface area contributed by atoms with E-state index in [9.17, 15) is 19.8 Å². The number of carbonyl (C=O) groups is 2. The molecule has 1 aliphatic rings. The second kappa shape index (κ2) is 4.52. The van der Waals surface area contributed by atoms with Crippen LogP contribution in [0.5, 0.6) is 0 Å². The highest BCUT2D eigenvalue weighted by Gasteiger charge is 2.36. The fourth-order valence-electron chi connectivity index (χ4n) is 1.22. The molecule has 15 heavy (non-hydrogen) atoms. The van der Waals surface area contributed by atoms with Crippen LogP contribution >= 0.6 is 0 Å². The average molecular weight is 216 g/mol. The smallest absolute Gasteiger partial charge is 0.302 e. The first-order valence-corrected chi connectivity index (χ1v) is 4.36. The molecule has 0 aliphatic heterocycles. The first kappa shape index (κ1) is 11.8. The van der Waals surface area contributed by atoms with Crippen molar-refractivity contribution in [3.05, 3.63) is 11.6 Å². The lowest BCUT2D eigenvalue weighted by molar-refractivity contribution is -0.142. The molecule has 0 radical (unpaired) electrons. The van der Waals surface area contributed by atoms with Crippen LogP contribution < -0.4 is 0 Å². The molecule has 1 rings (SSSR count). The van der Waals surface area contributed by atoms with Gasteiger partial charge in [0.1, 0.15) is 24.9 Å². The zero-order valence-corrected chi connectivity index (χ0v) is 8.08. The molecule has 6 nitrogen and oxygen atoms in total. The van der Waals surface area contributed by atoms with Gasteiger partial charge >= 0.3 is 5.97 Å². The molecule has 1 aliphatic carbocycles. The predicted octanol–water partition coefficient (Wildman–Crippen LogP) is -1.86. The van der Waals surface area contributed by atoms with Crippen molar-refractivity contribution in [3.8, 4) is 0 Å². The van der Waals surface area contributed by atoms with Crippen LogP contribution in [0.15, 0.2) is 11.6 Å². The van der Waals surface area contributed by atoms with Gasteiger partial charge in [-0.2, -0.15) is 0 Å². The third-order valence-electron chi connectivity index (χ3n) is 2.06. The fraction of sp³-hybridized carbons (Fsp3) is 0.556. The second-order valence-electron chi connectivity index (χ2n) is 3.26. The summed E-state index contributed by atoms with van der Waals surface area (Å²) in [5.74, 6) is -1.31. The molecule has 0 spiro atoms. The van der Waals surface area contributed by atoms with Crippen LogP contribution in [-0.4, -0.2) is 52.0 Å². The van der Waals surface area contributed by atoms with E-state index in [-0.39, 0.29) is 12.2 Å². The Labute approximate surface area is 85.8 Å². The lowest BCUT2D eigenvalue weighted by atomic mass is 9.91. The van der Waals surface area contributed by atoms with Gasteiger partial charge in [-0.15, -0.1) is 0 Å². The van der Waals surface area contributed by atoms with Crippen LogP contribution in [0.3, 0.4) is 0 Å². The molecular weight excluding hydrogens is 204 g/mol. The first-order valence-electron chi connectivity index (χ1n) is 4.36. The van der Waals surface area contributed by atoms with E-state index in [1.165, 1.54) is 6.92 Å². The van der Waals surface area contributed by atoms with Crippen molar-refractivity contribution in [3.63, 3.8) is 0 Å². The van der Waals surface area contributed by atoms with Crippen molar-refractivity contribution >= 4 is 11.8 Å². The zero-order valence-electron chi connectivity index (χ0n) is 8.08. The molecule has 0 aromatic rings. The van der Waals surface area contributed by atoms with Crippen molar-refractivity contribution in [1.29, 1.82) is 0 Å². The molecular formula is C9H12O6. The average Bonchev–Trinajstić information content (AvgIpc) is 2.18. The molecule has 6 heteroatoms. The maximum absolute atomic E-state index is 11.3. The van der Waals surface area contributed by atoms with E-state index in [0.29, 0.717) is 0 Å². The van der Waals surface area contributed by atoms with Crippen molar-refractivity contribution in [1.82, 2.24) is 0 Å². The second-order valence-corrected chi connectivity index (χ2v) is 3.26. The number of carbonyl (C=O) groups excluding carboxylic acids is 2.